The lowest BCUT2D eigenvalue weighted by molar-refractivity contribution is -0.138. The molecule has 0 aliphatic rings. The molecule has 2 rings (SSSR count). The molecule has 0 atom stereocenters. The van der Waals surface area contributed by atoms with E-state index >= 15 is 0 Å². The van der Waals surface area contributed by atoms with Crippen LogP contribution in [0.5, 0.6) is 11.5 Å². The van der Waals surface area contributed by atoms with E-state index < -0.39 is 17.7 Å². The molecule has 0 heterocycles. The van der Waals surface area contributed by atoms with Gasteiger partial charge in [-0.05, 0) is 66.8 Å². The maximum atomic E-state index is 12.7. The Morgan fingerprint density at radius 2 is 1.84 bits per heavy atom. The van der Waals surface area contributed by atoms with Gasteiger partial charge in [-0.15, -0.1) is 0 Å². The first-order valence-corrected chi connectivity index (χ1v) is 7.90. The van der Waals surface area contributed by atoms with E-state index in [1.54, 1.807) is 25.1 Å². The predicted octanol–water partition coefficient (Wildman–Crippen LogP) is 5.39. The van der Waals surface area contributed by atoms with Gasteiger partial charge in [0.2, 0.25) is 0 Å². The molecule has 0 bridgehead atoms. The number of rotatable bonds is 6. The van der Waals surface area contributed by atoms with Crippen LogP contribution >= 0.6 is 0 Å². The summed E-state index contributed by atoms with van der Waals surface area (Å²) in [5, 5.41) is 8.79. The number of carbonyl (C=O) groups is 1. The van der Waals surface area contributed by atoms with Gasteiger partial charge in [-0.1, -0.05) is 13.0 Å². The van der Waals surface area contributed by atoms with Crippen molar-refractivity contribution in [2.24, 2.45) is 0 Å². The van der Waals surface area contributed by atoms with Crippen LogP contribution in [0.3, 0.4) is 0 Å². The molecule has 0 aromatic heterocycles. The molecule has 0 amide bonds. The summed E-state index contributed by atoms with van der Waals surface area (Å²) in [4.78, 5) is 10.7. The Morgan fingerprint density at radius 3 is 2.40 bits per heavy atom. The van der Waals surface area contributed by atoms with Crippen LogP contribution in [0.4, 0.5) is 13.2 Å². The molecule has 0 spiro atoms. The van der Waals surface area contributed by atoms with Crippen molar-refractivity contribution in [3.63, 3.8) is 0 Å². The monoisotopic (exact) mass is 352 g/mol. The van der Waals surface area contributed by atoms with Crippen molar-refractivity contribution in [3.05, 3.63) is 58.7 Å². The number of benzene rings is 2. The summed E-state index contributed by atoms with van der Waals surface area (Å²) < 4.78 is 43.9. The van der Waals surface area contributed by atoms with Crippen LogP contribution in [0, 0.1) is 6.92 Å². The van der Waals surface area contributed by atoms with Crippen LogP contribution in [0.2, 0.25) is 0 Å². The van der Waals surface area contributed by atoms with E-state index in [4.69, 9.17) is 9.84 Å². The van der Waals surface area contributed by atoms with Gasteiger partial charge in [0.15, 0.2) is 0 Å². The van der Waals surface area contributed by atoms with Gasteiger partial charge in [0, 0.05) is 6.42 Å². The second kappa shape index (κ2) is 7.59. The molecule has 2 aromatic carbocycles. The quantitative estimate of drug-likeness (QED) is 0.759. The van der Waals surface area contributed by atoms with Crippen LogP contribution in [0.1, 0.15) is 35.6 Å². The highest BCUT2D eigenvalue weighted by molar-refractivity contribution is 5.67. The number of hydrogen-bond acceptors (Lipinski definition) is 2. The second-order valence-electron chi connectivity index (χ2n) is 5.76. The fourth-order valence-electron chi connectivity index (χ4n) is 2.55. The van der Waals surface area contributed by atoms with Gasteiger partial charge in [-0.2, -0.15) is 13.2 Å². The van der Waals surface area contributed by atoms with Gasteiger partial charge in [0.1, 0.15) is 11.5 Å². The zero-order valence-electron chi connectivity index (χ0n) is 14.0. The van der Waals surface area contributed by atoms with Crippen LogP contribution < -0.4 is 4.74 Å². The van der Waals surface area contributed by atoms with Gasteiger partial charge in [-0.3, -0.25) is 4.79 Å². The number of alkyl halides is 3. The number of halogens is 3. The Morgan fingerprint density at radius 1 is 1.12 bits per heavy atom. The molecular formula is C19H19F3O3. The maximum absolute atomic E-state index is 12.7. The zero-order valence-corrected chi connectivity index (χ0v) is 14.0. The smallest absolute Gasteiger partial charge is 0.416 e. The van der Waals surface area contributed by atoms with Gasteiger partial charge in [-0.25, -0.2) is 0 Å². The Labute approximate surface area is 144 Å². The third-order valence-corrected chi connectivity index (χ3v) is 3.90. The summed E-state index contributed by atoms with van der Waals surface area (Å²) in [6.45, 7) is 3.51. The van der Waals surface area contributed by atoms with E-state index in [-0.39, 0.29) is 6.42 Å². The second-order valence-corrected chi connectivity index (χ2v) is 5.76. The lowest BCUT2D eigenvalue weighted by atomic mass is 10.0. The molecule has 2 aromatic rings. The average Bonchev–Trinajstić information content (AvgIpc) is 2.54. The molecule has 0 saturated carbocycles. The maximum Gasteiger partial charge on any atom is 0.416 e. The highest BCUT2D eigenvalue weighted by atomic mass is 19.4. The van der Waals surface area contributed by atoms with Gasteiger partial charge in [0.05, 0.1) is 5.56 Å². The molecule has 3 nitrogen and oxygen atoms in total. The molecule has 1 N–H and O–H groups in total. The minimum atomic E-state index is -4.38. The van der Waals surface area contributed by atoms with E-state index in [0.29, 0.717) is 29.9 Å². The molecular weight excluding hydrogens is 333 g/mol. The predicted molar refractivity (Wildman–Crippen MR) is 88.0 cm³/mol. The van der Waals surface area contributed by atoms with E-state index in [2.05, 4.69) is 0 Å². The number of aryl methyl sites for hydroxylation is 3. The van der Waals surface area contributed by atoms with Crippen molar-refractivity contribution < 1.29 is 27.8 Å². The molecule has 0 saturated heterocycles. The van der Waals surface area contributed by atoms with Crippen molar-refractivity contribution >= 4 is 5.97 Å². The molecule has 6 heteroatoms. The van der Waals surface area contributed by atoms with Crippen molar-refractivity contribution in [3.8, 4) is 11.5 Å². The van der Waals surface area contributed by atoms with E-state index in [0.717, 1.165) is 23.3 Å². The first-order valence-electron chi connectivity index (χ1n) is 7.90. The summed E-state index contributed by atoms with van der Waals surface area (Å²) in [5.41, 5.74) is 1.57. The Balaban J connectivity index is 2.21. The molecule has 134 valence electrons. The zero-order chi connectivity index (χ0) is 18.6. The first kappa shape index (κ1) is 18.8. The molecule has 0 unspecified atom stereocenters. The Kier molecular flexibility index (Phi) is 5.72. The first-order chi connectivity index (χ1) is 11.7. The highest BCUT2D eigenvalue weighted by Crippen LogP contribution is 2.34. The standard InChI is InChI=1S/C19H19F3O3/c1-3-13-11-16(7-4-14(13)5-9-18(23)24)25-17-8-6-15(10-12(17)2)19(20,21)22/h4,6-8,10-11H,3,5,9H2,1-2H3,(H,23,24). The van der Waals surface area contributed by atoms with E-state index in [1.165, 1.54) is 6.07 Å². The summed E-state index contributed by atoms with van der Waals surface area (Å²) in [5.74, 6) is 0.00915. The number of carboxylic acid groups (broad SMARTS) is 1. The van der Waals surface area contributed by atoms with E-state index in [1.807, 2.05) is 6.92 Å². The topological polar surface area (TPSA) is 46.5 Å². The Hall–Kier alpha value is -2.50. The number of aliphatic carboxylic acids is 1. The van der Waals surface area contributed by atoms with Gasteiger partial charge in [0.25, 0.3) is 0 Å². The van der Waals surface area contributed by atoms with Crippen molar-refractivity contribution in [2.45, 2.75) is 39.3 Å². The third-order valence-electron chi connectivity index (χ3n) is 3.90. The lowest BCUT2D eigenvalue weighted by Crippen LogP contribution is -2.05. The van der Waals surface area contributed by atoms with Crippen LogP contribution in [0.15, 0.2) is 36.4 Å². The van der Waals surface area contributed by atoms with Crippen LogP contribution in [-0.4, -0.2) is 11.1 Å². The van der Waals surface area contributed by atoms with Crippen molar-refractivity contribution in [1.29, 1.82) is 0 Å². The molecule has 0 aliphatic carbocycles. The largest absolute Gasteiger partial charge is 0.481 e. The van der Waals surface area contributed by atoms with Crippen molar-refractivity contribution in [1.82, 2.24) is 0 Å². The fraction of sp³-hybridized carbons (Fsp3) is 0.316. The minimum absolute atomic E-state index is 0.0468. The molecule has 0 fully saturated rings. The van der Waals surface area contributed by atoms with Gasteiger partial charge >= 0.3 is 12.1 Å². The van der Waals surface area contributed by atoms with Gasteiger partial charge < -0.3 is 9.84 Å². The van der Waals surface area contributed by atoms with Crippen molar-refractivity contribution in [2.75, 3.05) is 0 Å². The molecule has 0 aliphatic heterocycles. The highest BCUT2D eigenvalue weighted by Gasteiger charge is 2.30. The lowest BCUT2D eigenvalue weighted by Gasteiger charge is -2.14. The number of hydrogen-bond donors (Lipinski definition) is 1. The number of ether oxygens (including phenoxy) is 1. The Bertz CT molecular complexity index is 767. The molecule has 0 radical (unpaired) electrons. The van der Waals surface area contributed by atoms with Crippen LogP contribution in [-0.2, 0) is 23.8 Å². The van der Waals surface area contributed by atoms with E-state index in [9.17, 15) is 18.0 Å². The normalized spacial score (nSPS) is 11.4. The average molecular weight is 352 g/mol. The summed E-state index contributed by atoms with van der Waals surface area (Å²) in [7, 11) is 0. The summed E-state index contributed by atoms with van der Waals surface area (Å²) in [6.07, 6.45) is -3.20. The fourth-order valence-corrected chi connectivity index (χ4v) is 2.55. The molecule has 25 heavy (non-hydrogen) atoms. The number of carboxylic acids is 1. The SMILES string of the molecule is CCc1cc(Oc2ccc(C(F)(F)F)cc2C)ccc1CCC(=O)O. The van der Waals surface area contributed by atoms with Crippen LogP contribution in [0.25, 0.3) is 0 Å². The minimum Gasteiger partial charge on any atom is -0.481 e. The summed E-state index contributed by atoms with van der Waals surface area (Å²) >= 11 is 0. The summed E-state index contributed by atoms with van der Waals surface area (Å²) in [6, 6.07) is 8.65. The third kappa shape index (κ3) is 4.98.